The Balaban J connectivity index is 2.92. The summed E-state index contributed by atoms with van der Waals surface area (Å²) in [4.78, 5) is 10.7. The molecule has 2 aromatic rings. The standard InChI is InChI=1S/C10H8OS2/c1-6-8-4-2-3-7(5-11)9(8)13-10(6)12/h2-5,12H,1H3. The highest BCUT2D eigenvalue weighted by molar-refractivity contribution is 7.83. The van der Waals surface area contributed by atoms with E-state index in [1.165, 1.54) is 0 Å². The van der Waals surface area contributed by atoms with Crippen molar-refractivity contribution in [1.29, 1.82) is 0 Å². The van der Waals surface area contributed by atoms with Crippen LogP contribution in [-0.2, 0) is 0 Å². The third-order valence-corrected chi connectivity index (χ3v) is 3.86. The molecule has 0 aliphatic carbocycles. The van der Waals surface area contributed by atoms with Crippen LogP contribution in [0.2, 0.25) is 0 Å². The summed E-state index contributed by atoms with van der Waals surface area (Å²) in [6, 6.07) is 5.76. The Hall–Kier alpha value is -0.800. The first-order valence-corrected chi connectivity index (χ1v) is 5.16. The SMILES string of the molecule is Cc1c(S)sc2c(C=O)cccc12. The third-order valence-electron chi connectivity index (χ3n) is 2.10. The largest absolute Gasteiger partial charge is 0.298 e. The number of thiophene rings is 1. The summed E-state index contributed by atoms with van der Waals surface area (Å²) in [5, 5.41) is 1.14. The van der Waals surface area contributed by atoms with Gasteiger partial charge in [0.25, 0.3) is 0 Å². The zero-order valence-corrected chi connectivity index (χ0v) is 8.78. The second-order valence-corrected chi connectivity index (χ2v) is 4.64. The first-order valence-electron chi connectivity index (χ1n) is 3.90. The molecule has 0 unspecified atom stereocenters. The number of carbonyl (C=O) groups is 1. The molecule has 0 atom stereocenters. The van der Waals surface area contributed by atoms with Crippen molar-refractivity contribution in [2.45, 2.75) is 11.1 Å². The van der Waals surface area contributed by atoms with E-state index in [2.05, 4.69) is 12.6 Å². The van der Waals surface area contributed by atoms with Crippen molar-refractivity contribution in [2.24, 2.45) is 0 Å². The lowest BCUT2D eigenvalue weighted by Crippen LogP contribution is -1.78. The van der Waals surface area contributed by atoms with Crippen LogP contribution in [0.5, 0.6) is 0 Å². The van der Waals surface area contributed by atoms with Gasteiger partial charge in [0.05, 0.1) is 4.21 Å². The van der Waals surface area contributed by atoms with Gasteiger partial charge in [-0.1, -0.05) is 18.2 Å². The van der Waals surface area contributed by atoms with E-state index in [0.29, 0.717) is 0 Å². The number of thiol groups is 1. The molecular weight excluding hydrogens is 200 g/mol. The van der Waals surface area contributed by atoms with Crippen molar-refractivity contribution in [2.75, 3.05) is 0 Å². The second-order valence-electron chi connectivity index (χ2n) is 2.87. The van der Waals surface area contributed by atoms with Crippen molar-refractivity contribution in [3.05, 3.63) is 29.3 Å². The van der Waals surface area contributed by atoms with E-state index >= 15 is 0 Å². The maximum absolute atomic E-state index is 10.7. The molecule has 66 valence electrons. The van der Waals surface area contributed by atoms with Crippen LogP contribution in [-0.4, -0.2) is 6.29 Å². The minimum Gasteiger partial charge on any atom is -0.298 e. The number of aldehydes is 1. The Kier molecular flexibility index (Phi) is 2.14. The molecule has 1 aromatic carbocycles. The first kappa shape index (κ1) is 8.78. The van der Waals surface area contributed by atoms with Gasteiger partial charge in [0.1, 0.15) is 0 Å². The molecule has 1 heterocycles. The number of rotatable bonds is 1. The summed E-state index contributed by atoms with van der Waals surface area (Å²) in [7, 11) is 0. The van der Waals surface area contributed by atoms with Crippen molar-refractivity contribution in [3.8, 4) is 0 Å². The molecule has 0 saturated heterocycles. The summed E-state index contributed by atoms with van der Waals surface area (Å²) in [6.07, 6.45) is 0.894. The zero-order valence-electron chi connectivity index (χ0n) is 7.07. The van der Waals surface area contributed by atoms with Gasteiger partial charge >= 0.3 is 0 Å². The number of carbonyl (C=O) groups excluding carboxylic acids is 1. The number of aryl methyl sites for hydroxylation is 1. The average Bonchev–Trinajstić information content (AvgIpc) is 2.43. The lowest BCUT2D eigenvalue weighted by molar-refractivity contribution is 0.112. The lowest BCUT2D eigenvalue weighted by atomic mass is 10.1. The van der Waals surface area contributed by atoms with Crippen LogP contribution in [0.1, 0.15) is 15.9 Å². The molecule has 0 aliphatic rings. The Labute approximate surface area is 85.8 Å². The minimum atomic E-state index is 0.755. The number of hydrogen-bond acceptors (Lipinski definition) is 3. The topological polar surface area (TPSA) is 17.1 Å². The van der Waals surface area contributed by atoms with Crippen LogP contribution in [0.15, 0.2) is 22.4 Å². The zero-order chi connectivity index (χ0) is 9.42. The summed E-state index contributed by atoms with van der Waals surface area (Å²) in [5.41, 5.74) is 1.91. The van der Waals surface area contributed by atoms with Crippen LogP contribution in [0.4, 0.5) is 0 Å². The van der Waals surface area contributed by atoms with Crippen molar-refractivity contribution in [3.63, 3.8) is 0 Å². The molecule has 0 N–H and O–H groups in total. The maximum atomic E-state index is 10.7. The fourth-order valence-corrected chi connectivity index (χ4v) is 2.76. The molecule has 3 heteroatoms. The number of fused-ring (bicyclic) bond motifs is 1. The van der Waals surface area contributed by atoms with Crippen molar-refractivity contribution < 1.29 is 4.79 Å². The van der Waals surface area contributed by atoms with E-state index in [0.717, 1.165) is 31.7 Å². The smallest absolute Gasteiger partial charge is 0.151 e. The Morgan fingerprint density at radius 3 is 2.92 bits per heavy atom. The van der Waals surface area contributed by atoms with Gasteiger partial charge in [-0.2, -0.15) is 0 Å². The molecule has 0 fully saturated rings. The fourth-order valence-electron chi connectivity index (χ4n) is 1.35. The molecule has 0 bridgehead atoms. The van der Waals surface area contributed by atoms with Crippen LogP contribution < -0.4 is 0 Å². The van der Waals surface area contributed by atoms with Gasteiger partial charge in [0.15, 0.2) is 6.29 Å². The fraction of sp³-hybridized carbons (Fsp3) is 0.100. The normalized spacial score (nSPS) is 10.6. The van der Waals surface area contributed by atoms with E-state index in [1.807, 2.05) is 25.1 Å². The van der Waals surface area contributed by atoms with Gasteiger partial charge in [-0.3, -0.25) is 4.79 Å². The average molecular weight is 208 g/mol. The molecule has 0 amide bonds. The molecule has 0 aliphatic heterocycles. The van der Waals surface area contributed by atoms with Gasteiger partial charge in [-0.25, -0.2) is 0 Å². The van der Waals surface area contributed by atoms with Gasteiger partial charge in [-0.15, -0.1) is 24.0 Å². The number of hydrogen-bond donors (Lipinski definition) is 1. The molecule has 1 nitrogen and oxygen atoms in total. The summed E-state index contributed by atoms with van der Waals surface area (Å²) in [5.74, 6) is 0. The van der Waals surface area contributed by atoms with Crippen LogP contribution in [0, 0.1) is 6.92 Å². The molecule has 0 spiro atoms. The van der Waals surface area contributed by atoms with Gasteiger partial charge < -0.3 is 0 Å². The predicted octanol–water partition coefficient (Wildman–Crippen LogP) is 3.31. The van der Waals surface area contributed by atoms with E-state index in [-0.39, 0.29) is 0 Å². The minimum absolute atomic E-state index is 0.755. The van der Waals surface area contributed by atoms with Crippen molar-refractivity contribution >= 4 is 40.3 Å². The Morgan fingerprint density at radius 2 is 2.23 bits per heavy atom. The van der Waals surface area contributed by atoms with Crippen LogP contribution in [0.3, 0.4) is 0 Å². The first-order chi connectivity index (χ1) is 6.24. The highest BCUT2D eigenvalue weighted by Crippen LogP contribution is 2.34. The van der Waals surface area contributed by atoms with Gasteiger partial charge in [-0.05, 0) is 17.9 Å². The highest BCUT2D eigenvalue weighted by atomic mass is 32.2. The summed E-state index contributed by atoms with van der Waals surface area (Å²) < 4.78 is 2.03. The quantitative estimate of drug-likeness (QED) is 0.562. The van der Waals surface area contributed by atoms with E-state index in [1.54, 1.807) is 11.3 Å². The molecular formula is C10H8OS2. The third kappa shape index (κ3) is 1.28. The molecule has 13 heavy (non-hydrogen) atoms. The Morgan fingerprint density at radius 1 is 1.46 bits per heavy atom. The molecule has 0 radical (unpaired) electrons. The number of benzene rings is 1. The maximum Gasteiger partial charge on any atom is 0.151 e. The van der Waals surface area contributed by atoms with Gasteiger partial charge in [0.2, 0.25) is 0 Å². The monoisotopic (exact) mass is 208 g/mol. The molecule has 2 rings (SSSR count). The highest BCUT2D eigenvalue weighted by Gasteiger charge is 2.07. The summed E-state index contributed by atoms with van der Waals surface area (Å²) >= 11 is 5.91. The van der Waals surface area contributed by atoms with E-state index < -0.39 is 0 Å². The van der Waals surface area contributed by atoms with E-state index in [9.17, 15) is 4.79 Å². The van der Waals surface area contributed by atoms with Crippen LogP contribution in [0.25, 0.3) is 10.1 Å². The molecule has 1 aromatic heterocycles. The van der Waals surface area contributed by atoms with Crippen molar-refractivity contribution in [1.82, 2.24) is 0 Å². The summed E-state index contributed by atoms with van der Waals surface area (Å²) in [6.45, 7) is 2.02. The van der Waals surface area contributed by atoms with E-state index in [4.69, 9.17) is 0 Å². The molecule has 0 saturated carbocycles. The van der Waals surface area contributed by atoms with Gasteiger partial charge in [0, 0.05) is 10.3 Å². The Bertz CT molecular complexity index is 471. The lowest BCUT2D eigenvalue weighted by Gasteiger charge is -1.93. The van der Waals surface area contributed by atoms with Crippen LogP contribution >= 0.6 is 24.0 Å². The predicted molar refractivity (Wildman–Crippen MR) is 59.2 cm³/mol. The second kappa shape index (κ2) is 3.16.